The van der Waals surface area contributed by atoms with Gasteiger partial charge in [0.1, 0.15) is 0 Å². The highest BCUT2D eigenvalue weighted by molar-refractivity contribution is 7.91. The number of rotatable bonds is 2. The van der Waals surface area contributed by atoms with Gasteiger partial charge < -0.3 is 5.32 Å². The van der Waals surface area contributed by atoms with Crippen LogP contribution in [-0.2, 0) is 16.3 Å². The van der Waals surface area contributed by atoms with E-state index in [2.05, 4.69) is 5.32 Å². The van der Waals surface area contributed by atoms with Crippen LogP contribution in [-0.4, -0.2) is 21.2 Å². The van der Waals surface area contributed by atoms with Crippen LogP contribution in [0.5, 0.6) is 0 Å². The second-order valence-corrected chi connectivity index (χ2v) is 7.09. The molecular weight excluding hydrogens is 270 g/mol. The third-order valence-corrected chi connectivity index (χ3v) is 4.84. The first-order chi connectivity index (χ1) is 9.57. The van der Waals surface area contributed by atoms with Gasteiger partial charge in [-0.05, 0) is 30.0 Å². The summed E-state index contributed by atoms with van der Waals surface area (Å²) in [5, 5.41) is 3.29. The molecule has 104 valence electrons. The average Bonchev–Trinajstić information content (AvgIpc) is 2.46. The maximum Gasteiger partial charge on any atom is 0.176 e. The topological polar surface area (TPSA) is 46.2 Å². The van der Waals surface area contributed by atoms with Gasteiger partial charge in [-0.25, -0.2) is 8.42 Å². The van der Waals surface area contributed by atoms with Crippen molar-refractivity contribution in [1.29, 1.82) is 0 Å². The molecule has 1 aliphatic heterocycles. The molecule has 20 heavy (non-hydrogen) atoms. The minimum atomic E-state index is -3.26. The molecule has 0 spiro atoms. The second kappa shape index (κ2) is 4.94. The molecule has 0 aliphatic carbocycles. The summed E-state index contributed by atoms with van der Waals surface area (Å²) in [6.07, 6.45) is 3.07. The van der Waals surface area contributed by atoms with Crippen LogP contribution < -0.4 is 5.32 Å². The zero-order chi connectivity index (χ0) is 14.2. The van der Waals surface area contributed by atoms with E-state index in [-0.39, 0.29) is 0 Å². The van der Waals surface area contributed by atoms with Crippen molar-refractivity contribution in [2.45, 2.75) is 17.7 Å². The van der Waals surface area contributed by atoms with E-state index in [4.69, 9.17) is 0 Å². The number of sulfone groups is 1. The molecule has 2 aromatic rings. The monoisotopic (exact) mass is 287 g/mol. The van der Waals surface area contributed by atoms with Crippen molar-refractivity contribution < 1.29 is 8.42 Å². The number of hydrogen-bond acceptors (Lipinski definition) is 3. The Hall–Kier alpha value is -1.81. The number of hydrogen-bond donors (Lipinski definition) is 1. The lowest BCUT2D eigenvalue weighted by molar-refractivity contribution is 0.600. The van der Waals surface area contributed by atoms with Crippen molar-refractivity contribution in [3.8, 4) is 11.1 Å². The van der Waals surface area contributed by atoms with Gasteiger partial charge in [0.05, 0.1) is 4.90 Å². The predicted molar refractivity (Wildman–Crippen MR) is 81.8 cm³/mol. The van der Waals surface area contributed by atoms with E-state index in [1.807, 2.05) is 42.5 Å². The zero-order valence-corrected chi connectivity index (χ0v) is 12.2. The third-order valence-electron chi connectivity index (χ3n) is 3.64. The number of fused-ring (bicyclic) bond motifs is 1. The molecule has 3 nitrogen and oxygen atoms in total. The molecule has 0 bridgehead atoms. The van der Waals surface area contributed by atoms with E-state index in [1.54, 1.807) is 0 Å². The van der Waals surface area contributed by atoms with Gasteiger partial charge in [0.2, 0.25) is 0 Å². The summed E-state index contributed by atoms with van der Waals surface area (Å²) >= 11 is 0. The Morgan fingerprint density at radius 3 is 2.50 bits per heavy atom. The summed E-state index contributed by atoms with van der Waals surface area (Å²) in [7, 11) is -3.26. The molecule has 0 amide bonds. The molecule has 1 heterocycles. The fourth-order valence-electron chi connectivity index (χ4n) is 2.80. The summed E-state index contributed by atoms with van der Waals surface area (Å²) < 4.78 is 24.5. The van der Waals surface area contributed by atoms with Gasteiger partial charge in [-0.2, -0.15) is 0 Å². The molecule has 0 saturated heterocycles. The van der Waals surface area contributed by atoms with Crippen LogP contribution in [0.3, 0.4) is 0 Å². The zero-order valence-electron chi connectivity index (χ0n) is 11.4. The maximum absolute atomic E-state index is 12.3. The lowest BCUT2D eigenvalue weighted by atomic mass is 9.97. The van der Waals surface area contributed by atoms with Crippen molar-refractivity contribution in [2.75, 3.05) is 18.1 Å². The van der Waals surface area contributed by atoms with E-state index >= 15 is 0 Å². The Morgan fingerprint density at radius 2 is 1.80 bits per heavy atom. The first kappa shape index (κ1) is 13.2. The first-order valence-corrected chi connectivity index (χ1v) is 8.62. The molecule has 2 aromatic carbocycles. The Kier molecular flexibility index (Phi) is 3.26. The molecule has 3 rings (SSSR count). The first-order valence-electron chi connectivity index (χ1n) is 6.72. The highest BCUT2D eigenvalue weighted by Gasteiger charge is 2.23. The Labute approximate surface area is 119 Å². The van der Waals surface area contributed by atoms with Crippen molar-refractivity contribution in [3.63, 3.8) is 0 Å². The summed E-state index contributed by atoms with van der Waals surface area (Å²) in [6.45, 7) is 0.904. The van der Waals surface area contributed by atoms with Gasteiger partial charge in [-0.1, -0.05) is 36.4 Å². The molecule has 0 atom stereocenters. The van der Waals surface area contributed by atoms with Crippen molar-refractivity contribution in [3.05, 3.63) is 48.0 Å². The molecular formula is C16H17NO2S. The van der Waals surface area contributed by atoms with Crippen LogP contribution in [0.4, 0.5) is 5.69 Å². The van der Waals surface area contributed by atoms with Gasteiger partial charge in [-0.15, -0.1) is 0 Å². The molecule has 4 heteroatoms. The summed E-state index contributed by atoms with van der Waals surface area (Å²) in [4.78, 5) is 0.480. The van der Waals surface area contributed by atoms with Crippen LogP contribution in [0.1, 0.15) is 12.0 Å². The fraction of sp³-hybridized carbons (Fsp3) is 0.250. The molecule has 0 fully saturated rings. The SMILES string of the molecule is CS(=O)(=O)c1c(-c2ccccc2)ccc2c1CCCN2. The van der Waals surface area contributed by atoms with Gasteiger partial charge >= 0.3 is 0 Å². The summed E-state index contributed by atoms with van der Waals surface area (Å²) in [5.74, 6) is 0. The van der Waals surface area contributed by atoms with Gasteiger partial charge in [0.25, 0.3) is 0 Å². The lowest BCUT2D eigenvalue weighted by Crippen LogP contribution is -2.16. The van der Waals surface area contributed by atoms with Crippen LogP contribution in [0.15, 0.2) is 47.4 Å². The fourth-order valence-corrected chi connectivity index (χ4v) is 4.04. The highest BCUT2D eigenvalue weighted by atomic mass is 32.2. The van der Waals surface area contributed by atoms with E-state index in [1.165, 1.54) is 6.26 Å². The highest BCUT2D eigenvalue weighted by Crippen LogP contribution is 2.36. The van der Waals surface area contributed by atoms with Crippen LogP contribution >= 0.6 is 0 Å². The van der Waals surface area contributed by atoms with E-state index in [0.29, 0.717) is 4.90 Å². The molecule has 0 radical (unpaired) electrons. The Bertz CT molecular complexity index is 737. The smallest absolute Gasteiger partial charge is 0.176 e. The van der Waals surface area contributed by atoms with Gasteiger partial charge in [0.15, 0.2) is 9.84 Å². The van der Waals surface area contributed by atoms with E-state index < -0.39 is 9.84 Å². The van der Waals surface area contributed by atoms with E-state index in [9.17, 15) is 8.42 Å². The van der Waals surface area contributed by atoms with Gasteiger partial charge in [0, 0.05) is 24.1 Å². The minimum Gasteiger partial charge on any atom is -0.385 e. The normalized spacial score (nSPS) is 14.4. The standard InChI is InChI=1S/C16H17NO2S/c1-20(18,19)16-13(12-6-3-2-4-7-12)9-10-15-14(16)8-5-11-17-15/h2-4,6-7,9-10,17H,5,8,11H2,1H3. The molecule has 0 aromatic heterocycles. The average molecular weight is 287 g/mol. The molecule has 0 unspecified atom stereocenters. The third kappa shape index (κ3) is 2.31. The molecule has 1 N–H and O–H groups in total. The molecule has 0 saturated carbocycles. The maximum atomic E-state index is 12.3. The lowest BCUT2D eigenvalue weighted by Gasteiger charge is -2.22. The minimum absolute atomic E-state index is 0.480. The summed E-state index contributed by atoms with van der Waals surface area (Å²) in [5.41, 5.74) is 3.63. The van der Waals surface area contributed by atoms with Crippen molar-refractivity contribution >= 4 is 15.5 Å². The van der Waals surface area contributed by atoms with E-state index in [0.717, 1.165) is 41.8 Å². The van der Waals surface area contributed by atoms with Crippen LogP contribution in [0.25, 0.3) is 11.1 Å². The summed E-state index contributed by atoms with van der Waals surface area (Å²) in [6, 6.07) is 13.6. The van der Waals surface area contributed by atoms with Crippen molar-refractivity contribution in [2.24, 2.45) is 0 Å². The number of benzene rings is 2. The Morgan fingerprint density at radius 1 is 1.05 bits per heavy atom. The second-order valence-electron chi connectivity index (χ2n) is 5.14. The van der Waals surface area contributed by atoms with Crippen molar-refractivity contribution in [1.82, 2.24) is 0 Å². The van der Waals surface area contributed by atoms with Crippen LogP contribution in [0, 0.1) is 0 Å². The quantitative estimate of drug-likeness (QED) is 0.923. The Balaban J connectivity index is 2.31. The van der Waals surface area contributed by atoms with Gasteiger partial charge in [-0.3, -0.25) is 0 Å². The molecule has 1 aliphatic rings. The number of anilines is 1. The van der Waals surface area contributed by atoms with Crippen LogP contribution in [0.2, 0.25) is 0 Å². The number of nitrogens with one attached hydrogen (secondary N) is 1. The largest absolute Gasteiger partial charge is 0.385 e. The predicted octanol–water partition coefficient (Wildman–Crippen LogP) is 3.12.